The smallest absolute Gasteiger partial charge is 0.251 e. The molecule has 9 atom stereocenters. The largest absolute Gasteiger partial charge is 0.508 e. The fourth-order valence-electron chi connectivity index (χ4n) is 12.8. The van der Waals surface area contributed by atoms with Crippen molar-refractivity contribution in [1.29, 1.82) is 0 Å². The topological polar surface area (TPSA) is 98.7 Å². The molecule has 274 valence electrons. The highest BCUT2D eigenvalue weighted by atomic mass is 16.3. The Morgan fingerprint density at radius 2 is 1.56 bits per heavy atom. The SMILES string of the molecule is CCCC1(C(=O)NCCc2cccc(C(=O)NCc3ccc(O)cc3)c2)CC[C@]2(C)C(CCC3C4(C)CCC(O)C(C)(C)C4CCC32C)C1C. The van der Waals surface area contributed by atoms with Gasteiger partial charge < -0.3 is 20.8 Å². The molecule has 2 amide bonds. The first-order valence-electron chi connectivity index (χ1n) is 19.7. The zero-order valence-electron chi connectivity index (χ0n) is 31.9. The number of carbonyl (C=O) groups excluding carboxylic acids is 2. The van der Waals surface area contributed by atoms with E-state index in [4.69, 9.17) is 0 Å². The Hall–Kier alpha value is -2.86. The molecule has 6 heteroatoms. The molecule has 4 fully saturated rings. The lowest BCUT2D eigenvalue weighted by atomic mass is 9.32. The van der Waals surface area contributed by atoms with E-state index in [0.29, 0.717) is 48.7 Å². The van der Waals surface area contributed by atoms with Gasteiger partial charge in [0.2, 0.25) is 5.91 Å². The summed E-state index contributed by atoms with van der Waals surface area (Å²) in [7, 11) is 0. The lowest BCUT2D eigenvalue weighted by molar-refractivity contribution is -0.246. The van der Waals surface area contributed by atoms with E-state index in [-0.39, 0.29) is 50.7 Å². The van der Waals surface area contributed by atoms with Crippen molar-refractivity contribution in [3.63, 3.8) is 0 Å². The molecule has 0 aliphatic heterocycles. The van der Waals surface area contributed by atoms with Crippen LogP contribution in [0.3, 0.4) is 0 Å². The number of phenolic OH excluding ortho intramolecular Hbond substituents is 1. The Kier molecular flexibility index (Phi) is 10.0. The molecule has 4 aliphatic carbocycles. The third kappa shape index (κ3) is 5.99. The van der Waals surface area contributed by atoms with Gasteiger partial charge in [-0.1, -0.05) is 79.2 Å². The molecule has 0 heterocycles. The van der Waals surface area contributed by atoms with Crippen LogP contribution in [0.5, 0.6) is 5.75 Å². The van der Waals surface area contributed by atoms with E-state index in [1.807, 2.05) is 24.3 Å². The molecular formula is C44H64N2O4. The molecule has 6 rings (SSSR count). The number of benzene rings is 2. The fourth-order valence-corrected chi connectivity index (χ4v) is 12.8. The van der Waals surface area contributed by atoms with Crippen LogP contribution < -0.4 is 10.6 Å². The zero-order chi connectivity index (χ0) is 36.1. The molecule has 8 unspecified atom stereocenters. The van der Waals surface area contributed by atoms with Crippen molar-refractivity contribution in [2.75, 3.05) is 6.54 Å². The number of hydrogen-bond donors (Lipinski definition) is 4. The van der Waals surface area contributed by atoms with Crippen molar-refractivity contribution in [3.8, 4) is 5.75 Å². The van der Waals surface area contributed by atoms with Crippen LogP contribution in [0.2, 0.25) is 0 Å². The first-order chi connectivity index (χ1) is 23.6. The summed E-state index contributed by atoms with van der Waals surface area (Å²) >= 11 is 0. The van der Waals surface area contributed by atoms with Gasteiger partial charge >= 0.3 is 0 Å². The third-order valence-electron chi connectivity index (χ3n) is 15.9. The normalized spacial score (nSPS) is 37.5. The van der Waals surface area contributed by atoms with Gasteiger partial charge in [0.15, 0.2) is 0 Å². The van der Waals surface area contributed by atoms with Crippen LogP contribution >= 0.6 is 0 Å². The summed E-state index contributed by atoms with van der Waals surface area (Å²) < 4.78 is 0. The summed E-state index contributed by atoms with van der Waals surface area (Å²) in [5.74, 6) is 2.35. The second-order valence-corrected chi connectivity index (χ2v) is 18.3. The third-order valence-corrected chi connectivity index (χ3v) is 15.9. The van der Waals surface area contributed by atoms with Gasteiger partial charge in [0, 0.05) is 18.7 Å². The molecule has 4 N–H and O–H groups in total. The number of amides is 2. The number of hydrogen-bond acceptors (Lipinski definition) is 4. The number of phenols is 1. The van der Waals surface area contributed by atoms with Gasteiger partial charge in [-0.3, -0.25) is 9.59 Å². The Morgan fingerprint density at radius 1 is 0.820 bits per heavy atom. The van der Waals surface area contributed by atoms with Crippen LogP contribution in [0.4, 0.5) is 0 Å². The highest BCUT2D eigenvalue weighted by Crippen LogP contribution is 2.75. The maximum atomic E-state index is 14.4. The number of carbonyl (C=O) groups is 2. The van der Waals surface area contributed by atoms with Crippen molar-refractivity contribution in [2.45, 2.75) is 132 Å². The summed E-state index contributed by atoms with van der Waals surface area (Å²) in [6.45, 7) is 18.0. The Labute approximate surface area is 301 Å². The number of aliphatic hydroxyl groups excluding tert-OH is 1. The number of fused-ring (bicyclic) bond motifs is 5. The monoisotopic (exact) mass is 684 g/mol. The van der Waals surface area contributed by atoms with E-state index in [2.05, 4.69) is 59.1 Å². The fraction of sp³-hybridized carbons (Fsp3) is 0.682. The first-order valence-corrected chi connectivity index (χ1v) is 19.7. The molecule has 0 saturated heterocycles. The first kappa shape index (κ1) is 36.9. The van der Waals surface area contributed by atoms with Crippen LogP contribution in [0.25, 0.3) is 0 Å². The van der Waals surface area contributed by atoms with Crippen LogP contribution in [-0.2, 0) is 17.8 Å². The summed E-state index contributed by atoms with van der Waals surface area (Å²) in [6, 6.07) is 14.5. The van der Waals surface area contributed by atoms with Crippen molar-refractivity contribution in [3.05, 3.63) is 65.2 Å². The molecule has 2 aromatic rings. The molecule has 6 nitrogen and oxygen atoms in total. The van der Waals surface area contributed by atoms with E-state index >= 15 is 0 Å². The average Bonchev–Trinajstić information content (AvgIpc) is 3.08. The minimum Gasteiger partial charge on any atom is -0.508 e. The van der Waals surface area contributed by atoms with Crippen molar-refractivity contribution in [2.24, 2.45) is 50.7 Å². The van der Waals surface area contributed by atoms with Gasteiger partial charge in [0.25, 0.3) is 5.91 Å². The van der Waals surface area contributed by atoms with Crippen LogP contribution in [0.15, 0.2) is 48.5 Å². The van der Waals surface area contributed by atoms with Crippen molar-refractivity contribution >= 4 is 11.8 Å². The minimum atomic E-state index is -0.351. The van der Waals surface area contributed by atoms with Gasteiger partial charge in [-0.25, -0.2) is 0 Å². The van der Waals surface area contributed by atoms with Gasteiger partial charge in [-0.15, -0.1) is 0 Å². The predicted octanol–water partition coefficient (Wildman–Crippen LogP) is 8.83. The summed E-state index contributed by atoms with van der Waals surface area (Å²) in [6.07, 6.45) is 11.4. The van der Waals surface area contributed by atoms with E-state index in [9.17, 15) is 19.8 Å². The molecule has 4 saturated carbocycles. The summed E-state index contributed by atoms with van der Waals surface area (Å²) in [5.41, 5.74) is 2.87. The standard InChI is InChI=1S/C44H64N2O4/c1-8-21-44(39(50)45-26-20-30-10-9-11-32(27-30)38(49)46-28-31-12-14-33(47)15-13-31)25-24-42(6)34(29(44)2)16-17-36-41(5)22-19-37(48)40(3,4)35(41)18-23-43(36,42)7/h9-15,27,29,34-37,47-48H,8,16-26,28H2,1-7H3,(H,45,50)(H,46,49)/t29?,34?,35?,36?,37?,41?,42-,43?,44?/m1/s1. The lowest BCUT2D eigenvalue weighted by Crippen LogP contribution is -2.67. The molecule has 4 aliphatic rings. The Balaban J connectivity index is 1.12. The highest BCUT2D eigenvalue weighted by molar-refractivity contribution is 5.94. The van der Waals surface area contributed by atoms with Gasteiger partial charge in [0.1, 0.15) is 5.75 Å². The lowest BCUT2D eigenvalue weighted by Gasteiger charge is -2.72. The van der Waals surface area contributed by atoms with Crippen LogP contribution in [0, 0.1) is 50.7 Å². The summed E-state index contributed by atoms with van der Waals surface area (Å²) in [5, 5.41) is 26.9. The average molecular weight is 685 g/mol. The maximum absolute atomic E-state index is 14.4. The molecule has 0 aromatic heterocycles. The molecule has 50 heavy (non-hydrogen) atoms. The van der Waals surface area contributed by atoms with Gasteiger partial charge in [0.05, 0.1) is 11.5 Å². The van der Waals surface area contributed by atoms with Crippen molar-refractivity contribution < 1.29 is 19.8 Å². The van der Waals surface area contributed by atoms with E-state index in [1.165, 1.54) is 25.7 Å². The van der Waals surface area contributed by atoms with Crippen LogP contribution in [0.1, 0.15) is 134 Å². The zero-order valence-corrected chi connectivity index (χ0v) is 31.9. The molecule has 0 bridgehead atoms. The number of aliphatic hydroxyl groups is 1. The maximum Gasteiger partial charge on any atom is 0.251 e. The van der Waals surface area contributed by atoms with Crippen molar-refractivity contribution in [1.82, 2.24) is 10.6 Å². The predicted molar refractivity (Wildman–Crippen MR) is 200 cm³/mol. The number of aromatic hydroxyl groups is 1. The minimum absolute atomic E-state index is 0.0390. The Morgan fingerprint density at radius 3 is 2.28 bits per heavy atom. The van der Waals surface area contributed by atoms with E-state index in [1.54, 1.807) is 24.3 Å². The van der Waals surface area contributed by atoms with E-state index in [0.717, 1.165) is 49.7 Å². The molecule has 2 aromatic carbocycles. The second kappa shape index (κ2) is 13.6. The van der Waals surface area contributed by atoms with E-state index < -0.39 is 0 Å². The highest BCUT2D eigenvalue weighted by Gasteiger charge is 2.69. The number of nitrogens with one attached hydrogen (secondary N) is 2. The van der Waals surface area contributed by atoms with Gasteiger partial charge in [-0.05, 0) is 145 Å². The Bertz CT molecular complexity index is 1550. The molecule has 0 radical (unpaired) electrons. The number of rotatable bonds is 9. The quantitative estimate of drug-likeness (QED) is 0.212. The second-order valence-electron chi connectivity index (χ2n) is 18.3. The molecular weight excluding hydrogens is 620 g/mol. The van der Waals surface area contributed by atoms with Gasteiger partial charge in [-0.2, -0.15) is 0 Å². The summed E-state index contributed by atoms with van der Waals surface area (Å²) in [4.78, 5) is 27.3. The van der Waals surface area contributed by atoms with Crippen LogP contribution in [-0.4, -0.2) is 34.7 Å². The molecule has 0 spiro atoms.